The number of benzene rings is 1. The highest BCUT2D eigenvalue weighted by Gasteiger charge is 2.18. The number of nitrogens with one attached hydrogen (secondary N) is 1. The highest BCUT2D eigenvalue weighted by molar-refractivity contribution is 9.10. The first kappa shape index (κ1) is 15.1. The number of nitro groups is 1. The van der Waals surface area contributed by atoms with E-state index in [4.69, 9.17) is 0 Å². The predicted octanol–water partition coefficient (Wildman–Crippen LogP) is 3.49. The van der Waals surface area contributed by atoms with Crippen molar-refractivity contribution in [2.45, 2.75) is 12.8 Å². The lowest BCUT2D eigenvalue weighted by atomic mass is 10.00. The van der Waals surface area contributed by atoms with Crippen LogP contribution in [0.25, 0.3) is 0 Å². The van der Waals surface area contributed by atoms with Gasteiger partial charge in [-0.25, -0.2) is 4.98 Å². The lowest BCUT2D eigenvalue weighted by Gasteiger charge is -2.12. The minimum atomic E-state index is -0.518. The van der Waals surface area contributed by atoms with Gasteiger partial charge in [0, 0.05) is 22.8 Å². The normalized spacial score (nSPS) is 11.7. The summed E-state index contributed by atoms with van der Waals surface area (Å²) in [4.78, 5) is 26.5. The molecule has 0 fully saturated rings. The van der Waals surface area contributed by atoms with Crippen molar-refractivity contribution in [1.29, 1.82) is 0 Å². The van der Waals surface area contributed by atoms with Gasteiger partial charge in [-0.1, -0.05) is 12.1 Å². The number of hydrogen-bond donors (Lipinski definition) is 1. The van der Waals surface area contributed by atoms with Gasteiger partial charge in [0.25, 0.3) is 5.69 Å². The molecule has 1 N–H and O–H groups in total. The van der Waals surface area contributed by atoms with E-state index in [1.807, 2.05) is 0 Å². The summed E-state index contributed by atoms with van der Waals surface area (Å²) in [6, 6.07) is 9.48. The molecule has 21 heavy (non-hydrogen) atoms. The maximum Gasteiger partial charge on any atom is 0.269 e. The standard InChI is InChI=1S/C14H12BrN3O3/c1-9(10-3-2-4-12(7-10)18(20)21)14(19)17-13-6-5-11(15)8-16-13/h2-9H,1H3,(H,16,17,19). The fourth-order valence-electron chi connectivity index (χ4n) is 1.74. The fourth-order valence-corrected chi connectivity index (χ4v) is 1.98. The number of carbonyl (C=O) groups excluding carboxylic acids is 1. The third kappa shape index (κ3) is 3.85. The third-order valence-corrected chi connectivity index (χ3v) is 3.42. The Labute approximate surface area is 129 Å². The van der Waals surface area contributed by atoms with Crippen molar-refractivity contribution < 1.29 is 9.72 Å². The second kappa shape index (κ2) is 6.45. The Balaban J connectivity index is 2.13. The smallest absolute Gasteiger partial charge is 0.269 e. The van der Waals surface area contributed by atoms with E-state index < -0.39 is 10.8 Å². The van der Waals surface area contributed by atoms with E-state index in [1.165, 1.54) is 12.1 Å². The second-order valence-corrected chi connectivity index (χ2v) is 5.34. The van der Waals surface area contributed by atoms with Crippen molar-refractivity contribution in [1.82, 2.24) is 4.98 Å². The molecule has 0 aliphatic heterocycles. The molecule has 6 nitrogen and oxygen atoms in total. The van der Waals surface area contributed by atoms with E-state index in [9.17, 15) is 14.9 Å². The molecule has 1 aromatic heterocycles. The quantitative estimate of drug-likeness (QED) is 0.676. The summed E-state index contributed by atoms with van der Waals surface area (Å²) >= 11 is 3.26. The van der Waals surface area contributed by atoms with Crippen molar-refractivity contribution in [2.24, 2.45) is 0 Å². The number of halogens is 1. The zero-order chi connectivity index (χ0) is 15.4. The summed E-state index contributed by atoms with van der Waals surface area (Å²) in [5, 5.41) is 13.4. The molecular weight excluding hydrogens is 338 g/mol. The number of anilines is 1. The molecule has 7 heteroatoms. The van der Waals surface area contributed by atoms with Gasteiger partial charge in [0.2, 0.25) is 5.91 Å². The molecule has 0 saturated carbocycles. The molecule has 0 aliphatic carbocycles. The van der Waals surface area contributed by atoms with E-state index in [1.54, 1.807) is 37.4 Å². The Bertz CT molecular complexity index is 673. The van der Waals surface area contributed by atoms with Crippen LogP contribution in [0.2, 0.25) is 0 Å². The zero-order valence-corrected chi connectivity index (χ0v) is 12.7. The van der Waals surface area contributed by atoms with Gasteiger partial charge in [-0.05, 0) is 40.5 Å². The number of nitro benzene ring substituents is 1. The molecule has 0 aliphatic rings. The Morgan fingerprint density at radius 2 is 2.14 bits per heavy atom. The molecule has 2 aromatic rings. The van der Waals surface area contributed by atoms with Crippen LogP contribution in [-0.4, -0.2) is 15.8 Å². The van der Waals surface area contributed by atoms with Crippen LogP contribution in [0, 0.1) is 10.1 Å². The van der Waals surface area contributed by atoms with Gasteiger partial charge < -0.3 is 5.32 Å². The van der Waals surface area contributed by atoms with Gasteiger partial charge in [0.1, 0.15) is 5.82 Å². The van der Waals surface area contributed by atoms with Crippen LogP contribution >= 0.6 is 15.9 Å². The summed E-state index contributed by atoms with van der Waals surface area (Å²) in [7, 11) is 0. The van der Waals surface area contributed by atoms with Crippen molar-refractivity contribution in [3.8, 4) is 0 Å². The summed E-state index contributed by atoms with van der Waals surface area (Å²) < 4.78 is 0.812. The highest BCUT2D eigenvalue weighted by atomic mass is 79.9. The van der Waals surface area contributed by atoms with Crippen LogP contribution in [0.15, 0.2) is 47.1 Å². The average Bonchev–Trinajstić information content (AvgIpc) is 2.49. The summed E-state index contributed by atoms with van der Waals surface area (Å²) in [5.41, 5.74) is 0.549. The molecular formula is C14H12BrN3O3. The van der Waals surface area contributed by atoms with E-state index in [0.29, 0.717) is 11.4 Å². The summed E-state index contributed by atoms with van der Waals surface area (Å²) in [5.74, 6) is -0.360. The largest absolute Gasteiger partial charge is 0.310 e. The van der Waals surface area contributed by atoms with E-state index in [0.717, 1.165) is 4.47 Å². The number of rotatable bonds is 4. The molecule has 1 amide bonds. The van der Waals surface area contributed by atoms with Crippen molar-refractivity contribution in [3.63, 3.8) is 0 Å². The van der Waals surface area contributed by atoms with E-state index in [-0.39, 0.29) is 11.6 Å². The van der Waals surface area contributed by atoms with Gasteiger partial charge in [0.15, 0.2) is 0 Å². The van der Waals surface area contributed by atoms with Crippen molar-refractivity contribution in [3.05, 3.63) is 62.7 Å². The van der Waals surface area contributed by atoms with Crippen LogP contribution in [0.3, 0.4) is 0 Å². The first-order valence-corrected chi connectivity index (χ1v) is 6.93. The first-order valence-electron chi connectivity index (χ1n) is 6.14. The minimum absolute atomic E-state index is 0.0334. The number of nitrogens with zero attached hydrogens (tertiary/aromatic N) is 2. The SMILES string of the molecule is CC(C(=O)Nc1ccc(Br)cn1)c1cccc([N+](=O)[O-])c1. The Morgan fingerprint density at radius 3 is 2.76 bits per heavy atom. The number of pyridine rings is 1. The molecule has 1 heterocycles. The van der Waals surface area contributed by atoms with Gasteiger partial charge in [-0.2, -0.15) is 0 Å². The van der Waals surface area contributed by atoms with Crippen LogP contribution in [0.1, 0.15) is 18.4 Å². The summed E-state index contributed by atoms with van der Waals surface area (Å²) in [6.07, 6.45) is 1.58. The number of hydrogen-bond acceptors (Lipinski definition) is 4. The van der Waals surface area contributed by atoms with Gasteiger partial charge in [0.05, 0.1) is 10.8 Å². The highest BCUT2D eigenvalue weighted by Crippen LogP contribution is 2.22. The molecule has 1 aromatic carbocycles. The van der Waals surface area contributed by atoms with Crippen molar-refractivity contribution >= 4 is 33.3 Å². The van der Waals surface area contributed by atoms with Crippen LogP contribution < -0.4 is 5.32 Å². The molecule has 1 atom stereocenters. The van der Waals surface area contributed by atoms with Crippen LogP contribution in [0.4, 0.5) is 11.5 Å². The minimum Gasteiger partial charge on any atom is -0.310 e. The maximum atomic E-state index is 12.1. The molecule has 1 unspecified atom stereocenters. The molecule has 0 spiro atoms. The number of amides is 1. The van der Waals surface area contributed by atoms with Crippen LogP contribution in [-0.2, 0) is 4.79 Å². The lowest BCUT2D eigenvalue weighted by molar-refractivity contribution is -0.384. The van der Waals surface area contributed by atoms with Gasteiger partial charge >= 0.3 is 0 Å². The molecule has 0 saturated heterocycles. The Morgan fingerprint density at radius 1 is 1.38 bits per heavy atom. The Kier molecular flexibility index (Phi) is 4.64. The third-order valence-electron chi connectivity index (χ3n) is 2.95. The number of carbonyl (C=O) groups is 1. The molecule has 2 rings (SSSR count). The first-order chi connectivity index (χ1) is 9.97. The Hall–Kier alpha value is -2.28. The zero-order valence-electron chi connectivity index (χ0n) is 11.1. The van der Waals surface area contributed by atoms with Gasteiger partial charge in [-0.3, -0.25) is 14.9 Å². The molecule has 0 bridgehead atoms. The van der Waals surface area contributed by atoms with E-state index >= 15 is 0 Å². The lowest BCUT2D eigenvalue weighted by Crippen LogP contribution is -2.19. The number of aromatic nitrogens is 1. The average molecular weight is 350 g/mol. The van der Waals surface area contributed by atoms with Gasteiger partial charge in [-0.15, -0.1) is 0 Å². The second-order valence-electron chi connectivity index (χ2n) is 4.42. The fraction of sp³-hybridized carbons (Fsp3) is 0.143. The van der Waals surface area contributed by atoms with Crippen molar-refractivity contribution in [2.75, 3.05) is 5.32 Å². The maximum absolute atomic E-state index is 12.1. The van der Waals surface area contributed by atoms with Crippen LogP contribution in [0.5, 0.6) is 0 Å². The summed E-state index contributed by atoms with van der Waals surface area (Å²) in [6.45, 7) is 1.69. The predicted molar refractivity (Wildman–Crippen MR) is 82.1 cm³/mol. The monoisotopic (exact) mass is 349 g/mol. The molecule has 108 valence electrons. The number of non-ortho nitro benzene ring substituents is 1. The van der Waals surface area contributed by atoms with E-state index in [2.05, 4.69) is 26.2 Å². The topological polar surface area (TPSA) is 85.1 Å². The molecule has 0 radical (unpaired) electrons.